The van der Waals surface area contributed by atoms with Crippen LogP contribution in [0.3, 0.4) is 0 Å². The second-order valence-corrected chi connectivity index (χ2v) is 1.51. The molecular formula is C4H7O5. The van der Waals surface area contributed by atoms with Crippen molar-refractivity contribution in [1.29, 1.82) is 0 Å². The first-order valence-corrected chi connectivity index (χ1v) is 2.27. The fourth-order valence-corrected chi connectivity index (χ4v) is 0.260. The van der Waals surface area contributed by atoms with Gasteiger partial charge in [-0.15, -0.1) is 0 Å². The van der Waals surface area contributed by atoms with E-state index in [9.17, 15) is 9.90 Å². The lowest BCUT2D eigenvalue weighted by molar-refractivity contribution is -0.160. The molecule has 0 aromatic rings. The van der Waals surface area contributed by atoms with Crippen molar-refractivity contribution in [1.82, 2.24) is 0 Å². The van der Waals surface area contributed by atoms with Crippen LogP contribution in [0.5, 0.6) is 0 Å². The molecule has 5 heteroatoms. The highest BCUT2D eigenvalue weighted by Crippen LogP contribution is 1.91. The third-order valence-electron chi connectivity index (χ3n) is 0.780. The zero-order valence-electron chi connectivity index (χ0n) is 4.52. The van der Waals surface area contributed by atoms with Crippen LogP contribution in [0.15, 0.2) is 0 Å². The van der Waals surface area contributed by atoms with Crippen molar-refractivity contribution in [2.75, 3.05) is 6.61 Å². The minimum atomic E-state index is -2.14. The minimum absolute atomic E-state index is 0.819. The average molecular weight is 135 g/mol. The van der Waals surface area contributed by atoms with Crippen LogP contribution in [0, 0.1) is 0 Å². The van der Waals surface area contributed by atoms with Crippen LogP contribution in [0.4, 0.5) is 0 Å². The molecule has 0 amide bonds. The van der Waals surface area contributed by atoms with Gasteiger partial charge in [-0.05, 0) is 0 Å². The Kier molecular flexibility index (Phi) is 3.15. The van der Waals surface area contributed by atoms with Crippen molar-refractivity contribution in [2.24, 2.45) is 0 Å². The number of aliphatic hydroxyl groups excluding tert-OH is 2. The third-order valence-corrected chi connectivity index (χ3v) is 0.780. The highest BCUT2D eigenvalue weighted by atomic mass is 16.4. The Hall–Kier alpha value is -0.650. The number of hydrogen-bond donors (Lipinski definition) is 3. The normalized spacial score (nSPS) is 16.8. The summed E-state index contributed by atoms with van der Waals surface area (Å²) in [6.07, 6.45) is -3.85. The van der Waals surface area contributed by atoms with Crippen LogP contribution in [-0.4, -0.2) is 40.1 Å². The smallest absolute Gasteiger partial charge is 0.339 e. The van der Waals surface area contributed by atoms with E-state index >= 15 is 0 Å². The van der Waals surface area contributed by atoms with E-state index in [0.29, 0.717) is 0 Å². The lowest BCUT2D eigenvalue weighted by Gasteiger charge is -2.06. The molecule has 0 fully saturated rings. The second-order valence-electron chi connectivity index (χ2n) is 1.51. The molecule has 2 atom stereocenters. The molecule has 3 N–H and O–H groups in total. The van der Waals surface area contributed by atoms with E-state index in [0.717, 1.165) is 0 Å². The molecule has 0 rings (SSSR count). The molecule has 0 spiro atoms. The molecule has 0 heterocycles. The summed E-state index contributed by atoms with van der Waals surface area (Å²) in [6.45, 7) is -0.819. The van der Waals surface area contributed by atoms with Crippen molar-refractivity contribution in [3.05, 3.63) is 0 Å². The predicted molar refractivity (Wildman–Crippen MR) is 25.2 cm³/mol. The summed E-state index contributed by atoms with van der Waals surface area (Å²) in [5.74, 6) is -1.66. The lowest BCUT2D eigenvalue weighted by Crippen LogP contribution is -2.34. The standard InChI is InChI=1S/C4H7O5/c5-1-2(6)3(7)4(8)9/h2-3,5-6H,1H2,(H,8,9)/t2-,3+/m0/s1. The summed E-state index contributed by atoms with van der Waals surface area (Å²) in [5.41, 5.74) is 0. The minimum Gasteiger partial charge on any atom is -0.479 e. The number of hydrogen-bond acceptors (Lipinski definition) is 3. The number of carboxylic acid groups (broad SMARTS) is 1. The molecule has 0 saturated carbocycles. The Labute approximate surface area is 51.2 Å². The second kappa shape index (κ2) is 3.39. The first kappa shape index (κ1) is 8.35. The van der Waals surface area contributed by atoms with Gasteiger partial charge in [-0.1, -0.05) is 0 Å². The first-order chi connectivity index (χ1) is 4.09. The fourth-order valence-electron chi connectivity index (χ4n) is 0.260. The number of carboxylic acids is 1. The monoisotopic (exact) mass is 135 g/mol. The Balaban J connectivity index is 3.72. The maximum Gasteiger partial charge on any atom is 0.339 e. The Morgan fingerprint density at radius 3 is 2.11 bits per heavy atom. The van der Waals surface area contributed by atoms with Gasteiger partial charge in [0.2, 0.25) is 6.10 Å². The topological polar surface area (TPSA) is 97.7 Å². The van der Waals surface area contributed by atoms with E-state index in [-0.39, 0.29) is 0 Å². The van der Waals surface area contributed by atoms with Crippen molar-refractivity contribution in [2.45, 2.75) is 12.2 Å². The first-order valence-electron chi connectivity index (χ1n) is 2.27. The van der Waals surface area contributed by atoms with Gasteiger partial charge in [-0.2, -0.15) is 0 Å². The van der Waals surface area contributed by atoms with Crippen molar-refractivity contribution in [3.8, 4) is 0 Å². The number of aliphatic hydroxyl groups is 2. The summed E-state index contributed by atoms with van der Waals surface area (Å²) >= 11 is 0. The van der Waals surface area contributed by atoms with E-state index in [4.69, 9.17) is 15.3 Å². The van der Waals surface area contributed by atoms with Crippen LogP contribution in [0.25, 0.3) is 0 Å². The van der Waals surface area contributed by atoms with E-state index in [1.54, 1.807) is 0 Å². The highest BCUT2D eigenvalue weighted by molar-refractivity contribution is 5.72. The fraction of sp³-hybridized carbons (Fsp3) is 0.750. The quantitative estimate of drug-likeness (QED) is 0.426. The molecule has 53 valence electrons. The van der Waals surface area contributed by atoms with Gasteiger partial charge in [-0.25, -0.2) is 9.90 Å². The zero-order valence-corrected chi connectivity index (χ0v) is 4.52. The predicted octanol–water partition coefficient (Wildman–Crippen LogP) is -1.78. The molecule has 0 aromatic carbocycles. The molecule has 0 bridgehead atoms. The van der Waals surface area contributed by atoms with Gasteiger partial charge in [0.05, 0.1) is 6.61 Å². The van der Waals surface area contributed by atoms with Crippen molar-refractivity contribution >= 4 is 5.97 Å². The lowest BCUT2D eigenvalue weighted by atomic mass is 10.2. The molecular weight excluding hydrogens is 128 g/mol. The van der Waals surface area contributed by atoms with Crippen LogP contribution in [0.2, 0.25) is 0 Å². The molecule has 0 aliphatic carbocycles. The summed E-state index contributed by atoms with van der Waals surface area (Å²) in [6, 6.07) is 0. The Morgan fingerprint density at radius 2 is 2.00 bits per heavy atom. The third kappa shape index (κ3) is 2.41. The maximum atomic E-state index is 10.1. The van der Waals surface area contributed by atoms with Crippen LogP contribution in [-0.2, 0) is 9.90 Å². The summed E-state index contributed by atoms with van der Waals surface area (Å²) in [7, 11) is 0. The van der Waals surface area contributed by atoms with E-state index in [1.807, 2.05) is 0 Å². The Morgan fingerprint density at radius 1 is 1.56 bits per heavy atom. The van der Waals surface area contributed by atoms with Gasteiger partial charge in [0.25, 0.3) is 0 Å². The highest BCUT2D eigenvalue weighted by Gasteiger charge is 2.24. The molecule has 0 aliphatic heterocycles. The summed E-state index contributed by atoms with van der Waals surface area (Å²) < 4.78 is 0. The van der Waals surface area contributed by atoms with Crippen molar-refractivity contribution in [3.63, 3.8) is 0 Å². The molecule has 1 radical (unpaired) electrons. The summed E-state index contributed by atoms with van der Waals surface area (Å²) in [5, 5.41) is 34.4. The van der Waals surface area contributed by atoms with Gasteiger partial charge in [0, 0.05) is 0 Å². The molecule has 0 unspecified atom stereocenters. The van der Waals surface area contributed by atoms with Gasteiger partial charge in [-0.3, -0.25) is 0 Å². The van der Waals surface area contributed by atoms with E-state index in [1.165, 1.54) is 0 Å². The molecule has 5 nitrogen and oxygen atoms in total. The van der Waals surface area contributed by atoms with Gasteiger partial charge in [0.1, 0.15) is 6.10 Å². The van der Waals surface area contributed by atoms with Crippen LogP contribution in [0.1, 0.15) is 0 Å². The maximum absolute atomic E-state index is 10.1. The average Bonchev–Trinajstić information content (AvgIpc) is 1.84. The molecule has 9 heavy (non-hydrogen) atoms. The summed E-state index contributed by atoms with van der Waals surface area (Å²) in [4.78, 5) is 9.72. The molecule has 0 aliphatic rings. The SMILES string of the molecule is [O][C@@H](C(=O)O)[C@@H](O)CO. The van der Waals surface area contributed by atoms with E-state index < -0.39 is 24.8 Å². The van der Waals surface area contributed by atoms with Gasteiger partial charge in [0.15, 0.2) is 0 Å². The number of rotatable bonds is 3. The molecule has 0 saturated heterocycles. The number of carbonyl (C=O) groups is 1. The van der Waals surface area contributed by atoms with E-state index in [2.05, 4.69) is 0 Å². The van der Waals surface area contributed by atoms with Gasteiger partial charge < -0.3 is 15.3 Å². The Bertz CT molecular complexity index is 101. The van der Waals surface area contributed by atoms with Crippen LogP contribution >= 0.6 is 0 Å². The van der Waals surface area contributed by atoms with Crippen molar-refractivity contribution < 1.29 is 25.2 Å². The number of aliphatic carboxylic acids is 1. The van der Waals surface area contributed by atoms with Gasteiger partial charge >= 0.3 is 5.97 Å². The van der Waals surface area contributed by atoms with Crippen LogP contribution < -0.4 is 0 Å². The zero-order chi connectivity index (χ0) is 7.44. The largest absolute Gasteiger partial charge is 0.479 e. The molecule has 0 aromatic heterocycles.